The molecule has 1 aromatic rings. The lowest BCUT2D eigenvalue weighted by Crippen LogP contribution is -2.25. The van der Waals surface area contributed by atoms with E-state index in [9.17, 15) is 5.11 Å². The molecule has 0 saturated heterocycles. The van der Waals surface area contributed by atoms with Crippen LogP contribution in [0.1, 0.15) is 38.2 Å². The molecule has 0 fully saturated rings. The molecule has 1 unspecified atom stereocenters. The fourth-order valence-electron chi connectivity index (χ4n) is 2.10. The van der Waals surface area contributed by atoms with E-state index in [-0.39, 0.29) is 0 Å². The van der Waals surface area contributed by atoms with Crippen molar-refractivity contribution in [3.8, 4) is 5.75 Å². The van der Waals surface area contributed by atoms with Gasteiger partial charge in [0.1, 0.15) is 5.75 Å². The number of anilines is 1. The summed E-state index contributed by atoms with van der Waals surface area (Å²) < 4.78 is 10.7. The predicted octanol–water partition coefficient (Wildman–Crippen LogP) is 3.37. The van der Waals surface area contributed by atoms with Gasteiger partial charge in [-0.1, -0.05) is 26.2 Å². The number of rotatable bonds is 11. The monoisotopic (exact) mass is 295 g/mol. The van der Waals surface area contributed by atoms with Crippen molar-refractivity contribution >= 4 is 5.69 Å². The molecule has 0 aliphatic rings. The molecule has 0 saturated carbocycles. The molecule has 0 radical (unpaired) electrons. The second-order valence-corrected chi connectivity index (χ2v) is 5.35. The average molecular weight is 295 g/mol. The van der Waals surface area contributed by atoms with Crippen molar-refractivity contribution in [3.05, 3.63) is 23.8 Å². The molecule has 21 heavy (non-hydrogen) atoms. The Kier molecular flexibility index (Phi) is 8.87. The minimum Gasteiger partial charge on any atom is -0.497 e. The molecule has 1 rings (SSSR count). The molecule has 4 nitrogen and oxygen atoms in total. The average Bonchev–Trinajstić information content (AvgIpc) is 2.49. The van der Waals surface area contributed by atoms with E-state index in [0.29, 0.717) is 13.2 Å². The zero-order valence-corrected chi connectivity index (χ0v) is 13.5. The van der Waals surface area contributed by atoms with Crippen molar-refractivity contribution in [1.82, 2.24) is 0 Å². The van der Waals surface area contributed by atoms with Crippen molar-refractivity contribution in [2.24, 2.45) is 0 Å². The number of unbranched alkanes of at least 4 members (excludes halogenated alkanes) is 3. The van der Waals surface area contributed by atoms with Crippen LogP contribution in [0, 0.1) is 6.92 Å². The van der Waals surface area contributed by atoms with Crippen LogP contribution >= 0.6 is 0 Å². The highest BCUT2D eigenvalue weighted by molar-refractivity contribution is 5.53. The summed E-state index contributed by atoms with van der Waals surface area (Å²) in [6.07, 6.45) is 4.28. The summed E-state index contributed by atoms with van der Waals surface area (Å²) in [5.41, 5.74) is 2.11. The summed E-state index contributed by atoms with van der Waals surface area (Å²) >= 11 is 0. The van der Waals surface area contributed by atoms with Gasteiger partial charge in [-0.25, -0.2) is 0 Å². The van der Waals surface area contributed by atoms with Gasteiger partial charge in [0, 0.05) is 18.8 Å². The first kappa shape index (κ1) is 17.8. The molecular weight excluding hydrogens is 266 g/mol. The lowest BCUT2D eigenvalue weighted by atomic mass is 10.2. The van der Waals surface area contributed by atoms with Crippen molar-refractivity contribution in [2.75, 3.05) is 32.2 Å². The lowest BCUT2D eigenvalue weighted by molar-refractivity contribution is 0.0416. The molecule has 0 amide bonds. The first-order valence-electron chi connectivity index (χ1n) is 7.81. The van der Waals surface area contributed by atoms with E-state index in [2.05, 4.69) is 12.2 Å². The van der Waals surface area contributed by atoms with Gasteiger partial charge < -0.3 is 19.9 Å². The quantitative estimate of drug-likeness (QED) is 0.615. The Labute approximate surface area is 128 Å². The van der Waals surface area contributed by atoms with Gasteiger partial charge in [0.05, 0.1) is 19.8 Å². The van der Waals surface area contributed by atoms with E-state index < -0.39 is 6.10 Å². The maximum atomic E-state index is 9.89. The first-order valence-corrected chi connectivity index (χ1v) is 7.81. The van der Waals surface area contributed by atoms with Gasteiger partial charge in [-0.3, -0.25) is 0 Å². The molecule has 120 valence electrons. The smallest absolute Gasteiger partial charge is 0.119 e. The lowest BCUT2D eigenvalue weighted by Gasteiger charge is -2.15. The van der Waals surface area contributed by atoms with Gasteiger partial charge in [-0.15, -0.1) is 0 Å². The molecule has 0 aliphatic carbocycles. The Hall–Kier alpha value is -1.26. The van der Waals surface area contributed by atoms with Crippen LogP contribution in [-0.4, -0.2) is 38.1 Å². The van der Waals surface area contributed by atoms with E-state index in [0.717, 1.165) is 30.0 Å². The van der Waals surface area contributed by atoms with E-state index >= 15 is 0 Å². The highest BCUT2D eigenvalue weighted by Crippen LogP contribution is 2.20. The third-order valence-corrected chi connectivity index (χ3v) is 3.41. The van der Waals surface area contributed by atoms with Gasteiger partial charge in [-0.05, 0) is 37.1 Å². The Balaban J connectivity index is 2.19. The zero-order valence-electron chi connectivity index (χ0n) is 13.5. The molecule has 0 heterocycles. The van der Waals surface area contributed by atoms with Gasteiger partial charge >= 0.3 is 0 Å². The highest BCUT2D eigenvalue weighted by atomic mass is 16.5. The Morgan fingerprint density at radius 2 is 2.05 bits per heavy atom. The van der Waals surface area contributed by atoms with Crippen LogP contribution in [0.3, 0.4) is 0 Å². The molecule has 2 N–H and O–H groups in total. The summed E-state index contributed by atoms with van der Waals surface area (Å²) in [5.74, 6) is 0.842. The number of aliphatic hydroxyl groups excluding tert-OH is 1. The molecule has 4 heteroatoms. The molecule has 0 spiro atoms. The minimum absolute atomic E-state index is 0.383. The van der Waals surface area contributed by atoms with Gasteiger partial charge in [0.25, 0.3) is 0 Å². The van der Waals surface area contributed by atoms with E-state index in [1.165, 1.54) is 19.3 Å². The number of aryl methyl sites for hydroxylation is 1. The molecule has 1 atom stereocenters. The fraction of sp³-hybridized carbons (Fsp3) is 0.647. The summed E-state index contributed by atoms with van der Waals surface area (Å²) in [6.45, 7) is 5.81. The number of nitrogens with one attached hydrogen (secondary N) is 1. The van der Waals surface area contributed by atoms with Crippen LogP contribution in [0.5, 0.6) is 5.75 Å². The van der Waals surface area contributed by atoms with E-state index in [1.807, 2.05) is 25.1 Å². The molecule has 0 bridgehead atoms. The normalized spacial score (nSPS) is 12.2. The van der Waals surface area contributed by atoms with Gasteiger partial charge in [0.2, 0.25) is 0 Å². The maximum Gasteiger partial charge on any atom is 0.119 e. The molecular formula is C17H29NO3. The predicted molar refractivity (Wildman–Crippen MR) is 87.2 cm³/mol. The summed E-state index contributed by atoms with van der Waals surface area (Å²) in [7, 11) is 1.66. The van der Waals surface area contributed by atoms with Crippen molar-refractivity contribution < 1.29 is 14.6 Å². The number of ether oxygens (including phenoxy) is 2. The first-order chi connectivity index (χ1) is 10.2. The van der Waals surface area contributed by atoms with Crippen LogP contribution in [0.25, 0.3) is 0 Å². The number of methoxy groups -OCH3 is 1. The summed E-state index contributed by atoms with van der Waals surface area (Å²) in [4.78, 5) is 0. The Morgan fingerprint density at radius 1 is 1.24 bits per heavy atom. The van der Waals surface area contributed by atoms with Crippen LogP contribution in [0.2, 0.25) is 0 Å². The summed E-state index contributed by atoms with van der Waals surface area (Å²) in [5, 5.41) is 13.1. The maximum absolute atomic E-state index is 9.89. The number of hydrogen-bond acceptors (Lipinski definition) is 4. The van der Waals surface area contributed by atoms with Crippen LogP contribution in [0.4, 0.5) is 5.69 Å². The molecule has 0 aromatic heterocycles. The van der Waals surface area contributed by atoms with E-state index in [4.69, 9.17) is 9.47 Å². The number of aliphatic hydroxyl groups is 1. The van der Waals surface area contributed by atoms with Crippen molar-refractivity contribution in [2.45, 2.75) is 45.6 Å². The molecule has 0 aliphatic heterocycles. The largest absolute Gasteiger partial charge is 0.497 e. The second-order valence-electron chi connectivity index (χ2n) is 5.35. The number of hydrogen-bond donors (Lipinski definition) is 2. The zero-order chi connectivity index (χ0) is 15.5. The third-order valence-electron chi connectivity index (χ3n) is 3.41. The SMILES string of the molecule is CCCCCCOCC(O)CNc1ccc(OC)cc1C. The van der Waals surface area contributed by atoms with Crippen LogP contribution in [0.15, 0.2) is 18.2 Å². The van der Waals surface area contributed by atoms with E-state index in [1.54, 1.807) is 7.11 Å². The van der Waals surface area contributed by atoms with Crippen LogP contribution in [-0.2, 0) is 4.74 Å². The number of benzene rings is 1. The van der Waals surface area contributed by atoms with Crippen molar-refractivity contribution in [1.29, 1.82) is 0 Å². The third kappa shape index (κ3) is 7.34. The fourth-order valence-corrected chi connectivity index (χ4v) is 2.10. The van der Waals surface area contributed by atoms with Crippen LogP contribution < -0.4 is 10.1 Å². The Morgan fingerprint density at radius 3 is 2.71 bits per heavy atom. The van der Waals surface area contributed by atoms with Gasteiger partial charge in [-0.2, -0.15) is 0 Å². The summed E-state index contributed by atoms with van der Waals surface area (Å²) in [6, 6.07) is 5.84. The second kappa shape index (κ2) is 10.5. The van der Waals surface area contributed by atoms with Crippen molar-refractivity contribution in [3.63, 3.8) is 0 Å². The minimum atomic E-state index is -0.488. The topological polar surface area (TPSA) is 50.7 Å². The molecule has 1 aromatic carbocycles. The van der Waals surface area contributed by atoms with Gasteiger partial charge in [0.15, 0.2) is 0 Å². The Bertz CT molecular complexity index is 396. The standard InChI is InChI=1S/C17H29NO3/c1-4-5-6-7-10-21-13-15(19)12-18-17-9-8-16(20-3)11-14(17)2/h8-9,11,15,18-19H,4-7,10,12-13H2,1-3H3. The highest BCUT2D eigenvalue weighted by Gasteiger charge is 2.06.